The van der Waals surface area contributed by atoms with Crippen molar-refractivity contribution in [1.82, 2.24) is 5.32 Å². The first kappa shape index (κ1) is 11.8. The average Bonchev–Trinajstić information content (AvgIpc) is 2.01. The number of nitrogens with two attached hydrogens (primary N) is 1. The summed E-state index contributed by atoms with van der Waals surface area (Å²) in [4.78, 5) is 0. The number of hydrogen-bond donors (Lipinski definition) is 2. The molecule has 0 spiro atoms. The van der Waals surface area contributed by atoms with Crippen LogP contribution in [0.4, 0.5) is 0 Å². The van der Waals surface area contributed by atoms with Crippen molar-refractivity contribution in [2.75, 3.05) is 26.4 Å². The molecular weight excluding hydrogens is 168 g/mol. The van der Waals surface area contributed by atoms with Crippen LogP contribution >= 0.6 is 0 Å². The summed E-state index contributed by atoms with van der Waals surface area (Å²) in [6, 6.07) is 0. The standard InChI is InChI=1S/C9H18N2O2/c1-8(2)13-7-6-12-5-4-11-9(3)10/h11H,1,3-7,10H2,2H3. The SMILES string of the molecule is C=C(N)NCCOCCOC(=C)C. The molecule has 13 heavy (non-hydrogen) atoms. The van der Waals surface area contributed by atoms with Gasteiger partial charge in [-0.25, -0.2) is 0 Å². The fourth-order valence-corrected chi connectivity index (χ4v) is 0.661. The van der Waals surface area contributed by atoms with Crippen LogP contribution in [0.2, 0.25) is 0 Å². The molecule has 0 atom stereocenters. The predicted octanol–water partition coefficient (Wildman–Crippen LogP) is 0.573. The molecule has 0 heterocycles. The minimum absolute atomic E-state index is 0.460. The van der Waals surface area contributed by atoms with E-state index in [9.17, 15) is 0 Å². The van der Waals surface area contributed by atoms with Crippen LogP contribution in [0.5, 0.6) is 0 Å². The third-order valence-corrected chi connectivity index (χ3v) is 1.17. The maximum atomic E-state index is 5.28. The van der Waals surface area contributed by atoms with Crippen molar-refractivity contribution < 1.29 is 9.47 Å². The van der Waals surface area contributed by atoms with Crippen LogP contribution in [0, 0.1) is 0 Å². The normalized spacial score (nSPS) is 9.31. The van der Waals surface area contributed by atoms with E-state index >= 15 is 0 Å². The Kier molecular flexibility index (Phi) is 6.82. The van der Waals surface area contributed by atoms with E-state index in [1.807, 2.05) is 0 Å². The van der Waals surface area contributed by atoms with E-state index in [1.54, 1.807) is 6.92 Å². The third kappa shape index (κ3) is 10.8. The Balaban J connectivity index is 3.00. The van der Waals surface area contributed by atoms with E-state index < -0.39 is 0 Å². The molecule has 0 aliphatic rings. The molecule has 76 valence electrons. The summed E-state index contributed by atoms with van der Waals surface area (Å²) in [7, 11) is 0. The van der Waals surface area contributed by atoms with Crippen molar-refractivity contribution in [3.8, 4) is 0 Å². The summed E-state index contributed by atoms with van der Waals surface area (Å²) in [5, 5.41) is 2.85. The van der Waals surface area contributed by atoms with Crippen LogP contribution in [0.25, 0.3) is 0 Å². The van der Waals surface area contributed by atoms with Gasteiger partial charge in [-0.3, -0.25) is 0 Å². The lowest BCUT2D eigenvalue weighted by Gasteiger charge is -2.07. The summed E-state index contributed by atoms with van der Waals surface area (Å²) in [6.45, 7) is 11.3. The maximum Gasteiger partial charge on any atom is 0.111 e. The minimum atomic E-state index is 0.460. The first-order chi connectivity index (χ1) is 6.13. The molecule has 0 aliphatic heterocycles. The monoisotopic (exact) mass is 186 g/mol. The zero-order chi connectivity index (χ0) is 10.1. The highest BCUT2D eigenvalue weighted by atomic mass is 16.5. The molecule has 0 amide bonds. The predicted molar refractivity (Wildman–Crippen MR) is 52.9 cm³/mol. The van der Waals surface area contributed by atoms with Crippen molar-refractivity contribution in [3.05, 3.63) is 24.7 Å². The first-order valence-corrected chi connectivity index (χ1v) is 4.17. The van der Waals surface area contributed by atoms with Crippen LogP contribution in [-0.2, 0) is 9.47 Å². The van der Waals surface area contributed by atoms with Crippen LogP contribution in [0.15, 0.2) is 24.7 Å². The van der Waals surface area contributed by atoms with Crippen molar-refractivity contribution in [2.24, 2.45) is 5.73 Å². The molecule has 0 fully saturated rings. The van der Waals surface area contributed by atoms with Gasteiger partial charge >= 0.3 is 0 Å². The van der Waals surface area contributed by atoms with E-state index in [4.69, 9.17) is 15.2 Å². The molecule has 0 aliphatic carbocycles. The first-order valence-electron chi connectivity index (χ1n) is 4.17. The second kappa shape index (κ2) is 7.49. The number of nitrogens with one attached hydrogen (secondary N) is 1. The molecule has 4 nitrogen and oxygen atoms in total. The van der Waals surface area contributed by atoms with Crippen LogP contribution in [-0.4, -0.2) is 26.4 Å². The Bertz CT molecular complexity index is 151. The molecule has 3 N–H and O–H groups in total. The van der Waals surface area contributed by atoms with Crippen molar-refractivity contribution in [1.29, 1.82) is 0 Å². The van der Waals surface area contributed by atoms with Gasteiger partial charge in [-0.05, 0) is 6.92 Å². The second-order valence-corrected chi connectivity index (χ2v) is 2.61. The van der Waals surface area contributed by atoms with E-state index in [-0.39, 0.29) is 0 Å². The molecule has 0 saturated carbocycles. The highest BCUT2D eigenvalue weighted by Gasteiger charge is 1.89. The average molecular weight is 186 g/mol. The smallest absolute Gasteiger partial charge is 0.111 e. The Morgan fingerprint density at radius 2 is 2.00 bits per heavy atom. The van der Waals surface area contributed by atoms with Crippen molar-refractivity contribution in [3.63, 3.8) is 0 Å². The van der Waals surface area contributed by atoms with Gasteiger partial charge < -0.3 is 20.5 Å². The van der Waals surface area contributed by atoms with Gasteiger partial charge in [-0.2, -0.15) is 0 Å². The van der Waals surface area contributed by atoms with Gasteiger partial charge in [0.25, 0.3) is 0 Å². The molecule has 0 aromatic heterocycles. The Hall–Kier alpha value is -1.16. The number of ether oxygens (including phenoxy) is 2. The van der Waals surface area contributed by atoms with Gasteiger partial charge in [-0.1, -0.05) is 13.2 Å². The van der Waals surface area contributed by atoms with Crippen molar-refractivity contribution >= 4 is 0 Å². The van der Waals surface area contributed by atoms with E-state index in [1.165, 1.54) is 0 Å². The highest BCUT2D eigenvalue weighted by molar-refractivity contribution is 4.81. The second-order valence-electron chi connectivity index (χ2n) is 2.61. The highest BCUT2D eigenvalue weighted by Crippen LogP contribution is 1.88. The number of allylic oxidation sites excluding steroid dienone is 1. The lowest BCUT2D eigenvalue weighted by molar-refractivity contribution is 0.0788. The Morgan fingerprint density at radius 1 is 1.31 bits per heavy atom. The topological polar surface area (TPSA) is 56.5 Å². The summed E-state index contributed by atoms with van der Waals surface area (Å²) in [6.07, 6.45) is 0. The van der Waals surface area contributed by atoms with Gasteiger partial charge in [0, 0.05) is 6.54 Å². The molecule has 0 aromatic carbocycles. The minimum Gasteiger partial charge on any atom is -0.496 e. The molecule has 0 aromatic rings. The molecule has 0 bridgehead atoms. The maximum absolute atomic E-state index is 5.28. The zero-order valence-corrected chi connectivity index (χ0v) is 8.14. The van der Waals surface area contributed by atoms with Gasteiger partial charge in [0.05, 0.1) is 24.8 Å². The van der Waals surface area contributed by atoms with E-state index in [0.29, 0.717) is 37.9 Å². The summed E-state index contributed by atoms with van der Waals surface area (Å²) < 4.78 is 10.3. The Labute approximate surface area is 79.4 Å². The zero-order valence-electron chi connectivity index (χ0n) is 8.14. The molecule has 0 radical (unpaired) electrons. The fourth-order valence-electron chi connectivity index (χ4n) is 0.661. The molecule has 0 unspecified atom stereocenters. The largest absolute Gasteiger partial charge is 0.496 e. The van der Waals surface area contributed by atoms with Gasteiger partial charge in [0.15, 0.2) is 0 Å². The number of hydrogen-bond acceptors (Lipinski definition) is 4. The van der Waals surface area contributed by atoms with E-state index in [2.05, 4.69) is 18.5 Å². The van der Waals surface area contributed by atoms with E-state index in [0.717, 1.165) is 0 Å². The quantitative estimate of drug-likeness (QED) is 0.430. The lowest BCUT2D eigenvalue weighted by Crippen LogP contribution is -2.23. The number of rotatable bonds is 8. The molecule has 4 heteroatoms. The third-order valence-electron chi connectivity index (χ3n) is 1.17. The Morgan fingerprint density at radius 3 is 2.54 bits per heavy atom. The van der Waals surface area contributed by atoms with Gasteiger partial charge in [0.1, 0.15) is 6.61 Å². The molecule has 0 rings (SSSR count). The van der Waals surface area contributed by atoms with Crippen LogP contribution < -0.4 is 11.1 Å². The molecular formula is C9H18N2O2. The summed E-state index contributed by atoms with van der Waals surface area (Å²) in [5.74, 6) is 1.17. The van der Waals surface area contributed by atoms with Gasteiger partial charge in [-0.15, -0.1) is 0 Å². The van der Waals surface area contributed by atoms with Gasteiger partial charge in [0.2, 0.25) is 0 Å². The van der Waals surface area contributed by atoms with Crippen LogP contribution in [0.1, 0.15) is 6.92 Å². The fraction of sp³-hybridized carbons (Fsp3) is 0.556. The summed E-state index contributed by atoms with van der Waals surface area (Å²) >= 11 is 0. The van der Waals surface area contributed by atoms with Crippen molar-refractivity contribution in [2.45, 2.75) is 6.92 Å². The molecule has 0 saturated heterocycles. The lowest BCUT2D eigenvalue weighted by atomic mass is 10.6. The van der Waals surface area contributed by atoms with Crippen LogP contribution in [0.3, 0.4) is 0 Å². The summed E-state index contributed by atoms with van der Waals surface area (Å²) in [5.41, 5.74) is 5.28.